The number of aryl methyl sites for hydroxylation is 1. The standard InChI is InChI=1S/C36H44N2O6Si/c1-25-23-38(34(40)37-33(25)39)32-22-30(31(43-32)24-42-45(6,7)35(2,3)4)44-36(26-14-10-8-11-15-26,27-16-12-9-13-17-27)28-18-20-29(41-5)21-19-28/h8-21,23,30-32H,22,24H2,1-7H3,(H,37,39,40)/t30-,31-,32-/m1/s1. The summed E-state index contributed by atoms with van der Waals surface area (Å²) in [5.74, 6) is 0.742. The zero-order valence-electron chi connectivity index (χ0n) is 27.2. The van der Waals surface area contributed by atoms with Gasteiger partial charge in [-0.15, -0.1) is 0 Å². The van der Waals surface area contributed by atoms with Gasteiger partial charge in [-0.2, -0.15) is 0 Å². The van der Waals surface area contributed by atoms with E-state index < -0.39 is 43.6 Å². The number of aromatic nitrogens is 2. The number of methoxy groups -OCH3 is 1. The Balaban J connectivity index is 1.64. The minimum absolute atomic E-state index is 0.00471. The number of rotatable bonds is 10. The van der Waals surface area contributed by atoms with Gasteiger partial charge in [-0.25, -0.2) is 4.79 Å². The maximum absolute atomic E-state index is 13.0. The minimum atomic E-state index is -2.16. The monoisotopic (exact) mass is 628 g/mol. The quantitative estimate of drug-likeness (QED) is 0.158. The van der Waals surface area contributed by atoms with Crippen LogP contribution in [0, 0.1) is 6.92 Å². The van der Waals surface area contributed by atoms with E-state index in [2.05, 4.69) is 63.1 Å². The van der Waals surface area contributed by atoms with Crippen molar-refractivity contribution in [2.75, 3.05) is 13.7 Å². The predicted molar refractivity (Wildman–Crippen MR) is 178 cm³/mol. The Morgan fingerprint density at radius 2 is 1.44 bits per heavy atom. The summed E-state index contributed by atoms with van der Waals surface area (Å²) < 4.78 is 27.7. The molecule has 0 radical (unpaired) electrons. The summed E-state index contributed by atoms with van der Waals surface area (Å²) in [5.41, 5.74) is 1.29. The van der Waals surface area contributed by atoms with Gasteiger partial charge in [-0.1, -0.05) is 93.6 Å². The summed E-state index contributed by atoms with van der Waals surface area (Å²) in [4.78, 5) is 27.6. The molecule has 0 spiro atoms. The Morgan fingerprint density at radius 3 is 1.98 bits per heavy atom. The van der Waals surface area contributed by atoms with Gasteiger partial charge in [-0.05, 0) is 53.9 Å². The van der Waals surface area contributed by atoms with Gasteiger partial charge in [0.15, 0.2) is 8.32 Å². The van der Waals surface area contributed by atoms with Gasteiger partial charge in [-0.3, -0.25) is 14.3 Å². The summed E-state index contributed by atoms with van der Waals surface area (Å²) in [7, 11) is -0.508. The van der Waals surface area contributed by atoms with Crippen molar-refractivity contribution in [2.24, 2.45) is 0 Å². The lowest BCUT2D eigenvalue weighted by Crippen LogP contribution is -2.46. The van der Waals surface area contributed by atoms with E-state index in [4.69, 9.17) is 18.6 Å². The first-order chi connectivity index (χ1) is 21.4. The van der Waals surface area contributed by atoms with E-state index >= 15 is 0 Å². The largest absolute Gasteiger partial charge is 0.497 e. The second-order valence-corrected chi connectivity index (χ2v) is 18.0. The summed E-state index contributed by atoms with van der Waals surface area (Å²) in [6, 6.07) is 28.2. The normalized spacial score (nSPS) is 19.0. The number of nitrogens with zero attached hydrogens (tertiary/aromatic N) is 1. The van der Waals surface area contributed by atoms with Gasteiger partial charge in [0.25, 0.3) is 5.56 Å². The summed E-state index contributed by atoms with van der Waals surface area (Å²) in [6.07, 6.45) is 0.292. The molecule has 0 amide bonds. The molecule has 238 valence electrons. The molecule has 1 saturated heterocycles. The highest BCUT2D eigenvalue weighted by Crippen LogP contribution is 2.45. The fraction of sp³-hybridized carbons (Fsp3) is 0.389. The topological polar surface area (TPSA) is 91.8 Å². The Kier molecular flexibility index (Phi) is 9.37. The highest BCUT2D eigenvalue weighted by molar-refractivity contribution is 6.74. The van der Waals surface area contributed by atoms with E-state index in [1.54, 1.807) is 20.2 Å². The third kappa shape index (κ3) is 6.62. The molecule has 0 unspecified atom stereocenters. The highest BCUT2D eigenvalue weighted by atomic mass is 28.4. The van der Waals surface area contributed by atoms with Gasteiger partial charge < -0.3 is 18.6 Å². The zero-order valence-corrected chi connectivity index (χ0v) is 28.2. The molecule has 5 rings (SSSR count). The van der Waals surface area contributed by atoms with Crippen molar-refractivity contribution in [3.8, 4) is 5.75 Å². The van der Waals surface area contributed by atoms with Crippen LogP contribution in [-0.4, -0.2) is 43.8 Å². The Hall–Kier alpha value is -3.76. The van der Waals surface area contributed by atoms with Gasteiger partial charge in [0.1, 0.15) is 23.7 Å². The molecule has 1 aliphatic heterocycles. The maximum Gasteiger partial charge on any atom is 0.330 e. The van der Waals surface area contributed by atoms with Crippen molar-refractivity contribution in [3.63, 3.8) is 0 Å². The lowest BCUT2D eigenvalue weighted by molar-refractivity contribution is -0.0977. The molecule has 1 aliphatic rings. The van der Waals surface area contributed by atoms with Crippen LogP contribution in [0.2, 0.25) is 18.1 Å². The predicted octanol–water partition coefficient (Wildman–Crippen LogP) is 6.54. The molecule has 45 heavy (non-hydrogen) atoms. The number of H-pyrrole nitrogens is 1. The van der Waals surface area contributed by atoms with E-state index in [1.807, 2.05) is 60.7 Å². The average molecular weight is 629 g/mol. The maximum atomic E-state index is 13.0. The summed E-state index contributed by atoms with van der Waals surface area (Å²) >= 11 is 0. The first-order valence-electron chi connectivity index (χ1n) is 15.4. The lowest BCUT2D eigenvalue weighted by Gasteiger charge is -2.40. The summed E-state index contributed by atoms with van der Waals surface area (Å²) in [6.45, 7) is 13.0. The Bertz CT molecular complexity index is 1650. The van der Waals surface area contributed by atoms with E-state index in [-0.39, 0.29) is 5.04 Å². The molecule has 0 bridgehead atoms. The molecule has 1 fully saturated rings. The number of hydrogen-bond acceptors (Lipinski definition) is 6. The van der Waals surface area contributed by atoms with Gasteiger partial charge in [0.05, 0.1) is 19.8 Å². The smallest absolute Gasteiger partial charge is 0.330 e. The second kappa shape index (κ2) is 12.9. The molecule has 0 saturated carbocycles. The van der Waals surface area contributed by atoms with Gasteiger partial charge >= 0.3 is 5.69 Å². The van der Waals surface area contributed by atoms with Crippen LogP contribution in [0.4, 0.5) is 0 Å². The lowest BCUT2D eigenvalue weighted by atomic mass is 9.79. The second-order valence-electron chi connectivity index (χ2n) is 13.2. The number of aromatic amines is 1. The van der Waals surface area contributed by atoms with Crippen LogP contribution in [0.25, 0.3) is 0 Å². The van der Waals surface area contributed by atoms with Gasteiger partial charge in [0.2, 0.25) is 0 Å². The number of nitrogens with one attached hydrogen (secondary N) is 1. The van der Waals surface area contributed by atoms with Crippen LogP contribution in [-0.2, 0) is 19.5 Å². The van der Waals surface area contributed by atoms with Crippen LogP contribution in [0.1, 0.15) is 55.7 Å². The Labute approximate surface area is 266 Å². The molecule has 3 atom stereocenters. The highest BCUT2D eigenvalue weighted by Gasteiger charge is 2.47. The minimum Gasteiger partial charge on any atom is -0.497 e. The molecular weight excluding hydrogens is 584 g/mol. The Morgan fingerprint density at radius 1 is 0.889 bits per heavy atom. The van der Waals surface area contributed by atoms with Crippen LogP contribution in [0.3, 0.4) is 0 Å². The average Bonchev–Trinajstić information content (AvgIpc) is 3.43. The first-order valence-corrected chi connectivity index (χ1v) is 18.3. The molecule has 8 nitrogen and oxygen atoms in total. The fourth-order valence-electron chi connectivity index (χ4n) is 5.55. The number of benzene rings is 3. The zero-order chi connectivity index (χ0) is 32.4. The molecule has 4 aromatic rings. The molecule has 9 heteroatoms. The third-order valence-electron chi connectivity index (χ3n) is 9.24. The van der Waals surface area contributed by atoms with E-state index in [9.17, 15) is 9.59 Å². The van der Waals surface area contributed by atoms with E-state index in [0.717, 1.165) is 22.4 Å². The fourth-order valence-corrected chi connectivity index (χ4v) is 6.57. The molecule has 1 aromatic heterocycles. The molecule has 1 N–H and O–H groups in total. The molecule has 2 heterocycles. The molecule has 0 aliphatic carbocycles. The molecular formula is C36H44N2O6Si. The van der Waals surface area contributed by atoms with Crippen LogP contribution in [0.5, 0.6) is 5.75 Å². The van der Waals surface area contributed by atoms with Crippen molar-refractivity contribution < 1.29 is 18.6 Å². The molecule has 3 aromatic carbocycles. The van der Waals surface area contributed by atoms with Gasteiger partial charge in [0, 0.05) is 18.2 Å². The van der Waals surface area contributed by atoms with E-state index in [0.29, 0.717) is 18.6 Å². The SMILES string of the molecule is COc1ccc(C(O[C@@H]2C[C@H](n3cc(C)c(=O)[nH]c3=O)O[C@@H]2CO[Si](C)(C)C(C)(C)C)(c2ccccc2)c2ccccc2)cc1. The number of hydrogen-bond donors (Lipinski definition) is 1. The van der Waals surface area contributed by atoms with Crippen LogP contribution >= 0.6 is 0 Å². The van der Waals surface area contributed by atoms with Crippen molar-refractivity contribution in [3.05, 3.63) is 134 Å². The van der Waals surface area contributed by atoms with E-state index in [1.165, 1.54) is 4.57 Å². The van der Waals surface area contributed by atoms with Crippen molar-refractivity contribution in [2.45, 2.75) is 76.3 Å². The van der Waals surface area contributed by atoms with Crippen LogP contribution < -0.4 is 16.0 Å². The van der Waals surface area contributed by atoms with Crippen molar-refractivity contribution in [1.29, 1.82) is 0 Å². The first kappa shape index (κ1) is 32.6. The number of ether oxygens (including phenoxy) is 3. The van der Waals surface area contributed by atoms with Crippen molar-refractivity contribution >= 4 is 8.32 Å². The van der Waals surface area contributed by atoms with Crippen LogP contribution in [0.15, 0.2) is 101 Å². The van der Waals surface area contributed by atoms with Crippen molar-refractivity contribution in [1.82, 2.24) is 9.55 Å². The third-order valence-corrected chi connectivity index (χ3v) is 13.7. The summed E-state index contributed by atoms with van der Waals surface area (Å²) in [5, 5.41) is -0.00471.